The number of rotatable bonds is 7. The van der Waals surface area contributed by atoms with Gasteiger partial charge < -0.3 is 10.1 Å². The molecule has 0 radical (unpaired) electrons. The predicted octanol–water partition coefficient (Wildman–Crippen LogP) is 3.56. The highest BCUT2D eigenvalue weighted by Crippen LogP contribution is 2.25. The number of ether oxygens (including phenoxy) is 1. The molecule has 1 N–H and O–H groups in total. The molecule has 29 heavy (non-hydrogen) atoms. The van der Waals surface area contributed by atoms with E-state index < -0.39 is 5.97 Å². The van der Waals surface area contributed by atoms with Gasteiger partial charge in [0, 0.05) is 5.69 Å². The Hall–Kier alpha value is -2.72. The van der Waals surface area contributed by atoms with Crippen molar-refractivity contribution in [1.29, 1.82) is 0 Å². The van der Waals surface area contributed by atoms with E-state index in [9.17, 15) is 9.59 Å². The lowest BCUT2D eigenvalue weighted by Gasteiger charge is -2.08. The van der Waals surface area contributed by atoms with Crippen molar-refractivity contribution in [3.8, 4) is 5.69 Å². The number of thiazole rings is 1. The summed E-state index contributed by atoms with van der Waals surface area (Å²) in [6, 6.07) is 8.01. The number of benzene rings is 1. The first-order valence-corrected chi connectivity index (χ1v) is 10.8. The molecule has 0 saturated carbocycles. The average molecular weight is 432 g/mol. The highest BCUT2D eigenvalue weighted by atomic mass is 32.2. The lowest BCUT2D eigenvalue weighted by atomic mass is 10.2. The smallest absolute Gasteiger partial charge is 0.350 e. The summed E-state index contributed by atoms with van der Waals surface area (Å²) in [7, 11) is 0. The zero-order valence-corrected chi connectivity index (χ0v) is 18.2. The van der Waals surface area contributed by atoms with Gasteiger partial charge in [-0.25, -0.2) is 9.78 Å². The Morgan fingerprint density at radius 2 is 1.90 bits per heavy atom. The summed E-state index contributed by atoms with van der Waals surface area (Å²) in [6.45, 7) is 7.63. The molecule has 10 heteroatoms. The van der Waals surface area contributed by atoms with Crippen LogP contribution in [0.5, 0.6) is 0 Å². The zero-order chi connectivity index (χ0) is 21.0. The van der Waals surface area contributed by atoms with Crippen LogP contribution in [0.1, 0.15) is 33.7 Å². The van der Waals surface area contributed by atoms with Gasteiger partial charge in [0.1, 0.15) is 10.7 Å². The van der Waals surface area contributed by atoms with Crippen molar-refractivity contribution in [2.24, 2.45) is 0 Å². The number of amides is 1. The van der Waals surface area contributed by atoms with Gasteiger partial charge in [-0.1, -0.05) is 40.8 Å². The van der Waals surface area contributed by atoms with Crippen molar-refractivity contribution in [2.45, 2.75) is 32.9 Å². The Labute approximate surface area is 176 Å². The SMILES string of the molecule is CCOC(=O)c1sc(NC(=O)CSc2nnc(C)n2-c2ccc(C)cc2)nc1C. The van der Waals surface area contributed by atoms with Gasteiger partial charge in [-0.3, -0.25) is 9.36 Å². The monoisotopic (exact) mass is 431 g/mol. The number of nitrogens with zero attached hydrogens (tertiary/aromatic N) is 4. The van der Waals surface area contributed by atoms with Crippen molar-refractivity contribution >= 4 is 40.1 Å². The number of carbonyl (C=O) groups excluding carboxylic acids is 2. The normalized spacial score (nSPS) is 10.8. The van der Waals surface area contributed by atoms with Crippen molar-refractivity contribution in [2.75, 3.05) is 17.7 Å². The molecule has 0 saturated heterocycles. The first kappa shape index (κ1) is 21.0. The molecule has 0 aliphatic heterocycles. The van der Waals surface area contributed by atoms with E-state index in [0.717, 1.165) is 28.4 Å². The third-order valence-electron chi connectivity index (χ3n) is 3.92. The molecule has 0 aliphatic rings. The van der Waals surface area contributed by atoms with Crippen LogP contribution >= 0.6 is 23.1 Å². The minimum Gasteiger partial charge on any atom is -0.462 e. The number of hydrogen-bond donors (Lipinski definition) is 1. The van der Waals surface area contributed by atoms with E-state index in [2.05, 4.69) is 20.5 Å². The molecule has 152 valence electrons. The topological polar surface area (TPSA) is 99.0 Å². The summed E-state index contributed by atoms with van der Waals surface area (Å²) in [5.74, 6) is 0.206. The molecule has 8 nitrogen and oxygen atoms in total. The van der Waals surface area contributed by atoms with Crippen LogP contribution < -0.4 is 5.32 Å². The van der Waals surface area contributed by atoms with E-state index in [1.807, 2.05) is 42.7 Å². The first-order valence-electron chi connectivity index (χ1n) is 8.95. The van der Waals surface area contributed by atoms with Gasteiger partial charge in [0.25, 0.3) is 0 Å². The second kappa shape index (κ2) is 9.19. The van der Waals surface area contributed by atoms with Gasteiger partial charge in [-0.15, -0.1) is 10.2 Å². The number of nitrogens with one attached hydrogen (secondary N) is 1. The average Bonchev–Trinajstić information content (AvgIpc) is 3.23. The van der Waals surface area contributed by atoms with Crippen LogP contribution in [0.4, 0.5) is 5.13 Å². The molecule has 0 bridgehead atoms. The van der Waals surface area contributed by atoms with Crippen LogP contribution in [0.15, 0.2) is 29.4 Å². The predicted molar refractivity (Wildman–Crippen MR) is 113 cm³/mol. The van der Waals surface area contributed by atoms with E-state index >= 15 is 0 Å². The molecule has 1 aromatic carbocycles. The second-order valence-corrected chi connectivity index (χ2v) is 8.13. The van der Waals surface area contributed by atoms with E-state index in [1.54, 1.807) is 13.8 Å². The summed E-state index contributed by atoms with van der Waals surface area (Å²) in [6.07, 6.45) is 0. The van der Waals surface area contributed by atoms with Crippen molar-refractivity contribution in [3.05, 3.63) is 46.2 Å². The fourth-order valence-corrected chi connectivity index (χ4v) is 4.22. The molecule has 0 unspecified atom stereocenters. The van der Waals surface area contributed by atoms with Crippen LogP contribution in [-0.4, -0.2) is 44.0 Å². The van der Waals surface area contributed by atoms with Gasteiger partial charge in [0.05, 0.1) is 18.1 Å². The van der Waals surface area contributed by atoms with Crippen LogP contribution in [0.2, 0.25) is 0 Å². The highest BCUT2D eigenvalue weighted by Gasteiger charge is 2.18. The van der Waals surface area contributed by atoms with Crippen LogP contribution in [0.3, 0.4) is 0 Å². The third-order valence-corrected chi connectivity index (χ3v) is 5.91. The summed E-state index contributed by atoms with van der Waals surface area (Å²) >= 11 is 2.39. The van der Waals surface area contributed by atoms with E-state index in [1.165, 1.54) is 11.8 Å². The molecule has 2 aromatic heterocycles. The van der Waals surface area contributed by atoms with E-state index in [-0.39, 0.29) is 18.3 Å². The molecular weight excluding hydrogens is 410 g/mol. The minimum absolute atomic E-state index is 0.136. The molecule has 3 aromatic rings. The van der Waals surface area contributed by atoms with Crippen molar-refractivity contribution in [1.82, 2.24) is 19.7 Å². The molecule has 0 atom stereocenters. The molecule has 0 fully saturated rings. The van der Waals surface area contributed by atoms with E-state index in [0.29, 0.717) is 20.9 Å². The van der Waals surface area contributed by atoms with Crippen LogP contribution in [0, 0.1) is 20.8 Å². The largest absolute Gasteiger partial charge is 0.462 e. The molecule has 1 amide bonds. The fraction of sp³-hybridized carbons (Fsp3) is 0.316. The highest BCUT2D eigenvalue weighted by molar-refractivity contribution is 7.99. The standard InChI is InChI=1S/C19H21N5O3S2/c1-5-27-17(26)16-12(3)20-18(29-16)21-15(25)10-28-19-23-22-13(4)24(19)14-8-6-11(2)7-9-14/h6-9H,5,10H2,1-4H3,(H,20,21,25). The maximum absolute atomic E-state index is 12.4. The minimum atomic E-state index is -0.431. The number of anilines is 1. The fourth-order valence-electron chi connectivity index (χ4n) is 2.55. The number of aromatic nitrogens is 4. The van der Waals surface area contributed by atoms with Gasteiger partial charge in [0.15, 0.2) is 10.3 Å². The lowest BCUT2D eigenvalue weighted by Crippen LogP contribution is -2.14. The number of hydrogen-bond acceptors (Lipinski definition) is 8. The Balaban J connectivity index is 1.66. The zero-order valence-electron chi connectivity index (χ0n) is 16.6. The molecule has 0 aliphatic carbocycles. The quantitative estimate of drug-likeness (QED) is 0.451. The van der Waals surface area contributed by atoms with Crippen LogP contribution in [-0.2, 0) is 9.53 Å². The first-order chi connectivity index (χ1) is 13.9. The van der Waals surface area contributed by atoms with Gasteiger partial charge in [-0.05, 0) is 39.8 Å². The van der Waals surface area contributed by atoms with E-state index in [4.69, 9.17) is 4.74 Å². The van der Waals surface area contributed by atoms with Crippen LogP contribution in [0.25, 0.3) is 5.69 Å². The van der Waals surface area contributed by atoms with Crippen molar-refractivity contribution in [3.63, 3.8) is 0 Å². The maximum atomic E-state index is 12.4. The molecule has 2 heterocycles. The molecular formula is C19H21N5O3S2. The second-order valence-electron chi connectivity index (χ2n) is 6.19. The number of esters is 1. The summed E-state index contributed by atoms with van der Waals surface area (Å²) in [5, 5.41) is 12.0. The Kier molecular flexibility index (Phi) is 6.65. The van der Waals surface area contributed by atoms with Gasteiger partial charge in [0.2, 0.25) is 5.91 Å². The molecule has 3 rings (SSSR count). The summed E-state index contributed by atoms with van der Waals surface area (Å²) in [4.78, 5) is 28.9. The van der Waals surface area contributed by atoms with Crippen molar-refractivity contribution < 1.29 is 14.3 Å². The third kappa shape index (κ3) is 5.01. The Morgan fingerprint density at radius 3 is 2.59 bits per heavy atom. The Bertz CT molecular complexity index is 1030. The molecule has 0 spiro atoms. The Morgan fingerprint density at radius 1 is 1.17 bits per heavy atom. The number of aryl methyl sites for hydroxylation is 3. The maximum Gasteiger partial charge on any atom is 0.350 e. The summed E-state index contributed by atoms with van der Waals surface area (Å²) in [5.41, 5.74) is 2.63. The van der Waals surface area contributed by atoms with Gasteiger partial charge in [-0.2, -0.15) is 0 Å². The summed E-state index contributed by atoms with van der Waals surface area (Å²) < 4.78 is 6.90. The van der Waals surface area contributed by atoms with Gasteiger partial charge >= 0.3 is 5.97 Å². The lowest BCUT2D eigenvalue weighted by molar-refractivity contribution is -0.113. The number of thioether (sulfide) groups is 1. The number of carbonyl (C=O) groups is 2.